The number of pyridine rings is 1. The molecule has 1 aliphatic rings. The second-order valence-corrected chi connectivity index (χ2v) is 7.56. The van der Waals surface area contributed by atoms with Gasteiger partial charge in [-0.1, -0.05) is 12.1 Å². The average molecular weight is 452 g/mol. The number of ether oxygens (including phenoxy) is 2. The van der Waals surface area contributed by atoms with Crippen molar-refractivity contribution < 1.29 is 23.5 Å². The van der Waals surface area contributed by atoms with Crippen molar-refractivity contribution in [2.24, 2.45) is 0 Å². The summed E-state index contributed by atoms with van der Waals surface area (Å²) in [5.74, 6) is -0.114. The molecule has 2 heterocycles. The first kappa shape index (κ1) is 22.5. The molecule has 2 N–H and O–H groups in total. The fraction of sp³-hybridized carbons (Fsp3) is 0.292. The summed E-state index contributed by atoms with van der Waals surface area (Å²) in [5, 5.41) is 5.93. The minimum Gasteiger partial charge on any atom is -0.466 e. The van der Waals surface area contributed by atoms with Crippen LogP contribution in [-0.4, -0.2) is 49.9 Å². The number of morpholine rings is 1. The zero-order chi connectivity index (χ0) is 23.2. The molecule has 172 valence electrons. The second-order valence-electron chi connectivity index (χ2n) is 7.56. The van der Waals surface area contributed by atoms with Crippen molar-refractivity contribution in [2.45, 2.75) is 13.3 Å². The smallest absolute Gasteiger partial charge is 0.323 e. The van der Waals surface area contributed by atoms with Gasteiger partial charge >= 0.3 is 12.0 Å². The predicted molar refractivity (Wildman–Crippen MR) is 124 cm³/mol. The molecule has 9 heteroatoms. The SMILES string of the molecule is CCOC(=O)Cc1ccc(NC(=O)Nc2cc(F)c3nc(N4CCOCC4)ccc3c2)cc1. The van der Waals surface area contributed by atoms with Crippen LogP contribution in [0.15, 0.2) is 48.5 Å². The fourth-order valence-corrected chi connectivity index (χ4v) is 3.60. The lowest BCUT2D eigenvalue weighted by Crippen LogP contribution is -2.36. The van der Waals surface area contributed by atoms with Crippen molar-refractivity contribution in [1.82, 2.24) is 4.98 Å². The van der Waals surface area contributed by atoms with Crippen molar-refractivity contribution in [2.75, 3.05) is 48.4 Å². The molecule has 1 saturated heterocycles. The van der Waals surface area contributed by atoms with Gasteiger partial charge in [0.2, 0.25) is 0 Å². The van der Waals surface area contributed by atoms with Gasteiger partial charge in [-0.2, -0.15) is 0 Å². The van der Waals surface area contributed by atoms with Crippen LogP contribution in [0.25, 0.3) is 10.9 Å². The van der Waals surface area contributed by atoms with Gasteiger partial charge in [-0.15, -0.1) is 0 Å². The van der Waals surface area contributed by atoms with E-state index in [1.165, 1.54) is 6.07 Å². The van der Waals surface area contributed by atoms with Crippen molar-refractivity contribution >= 4 is 40.1 Å². The molecule has 0 bridgehead atoms. The van der Waals surface area contributed by atoms with Gasteiger partial charge in [-0.05, 0) is 48.9 Å². The second kappa shape index (κ2) is 10.3. The van der Waals surface area contributed by atoms with E-state index in [4.69, 9.17) is 9.47 Å². The summed E-state index contributed by atoms with van der Waals surface area (Å²) in [5.41, 5.74) is 1.89. The number of urea groups is 1. The summed E-state index contributed by atoms with van der Waals surface area (Å²) >= 11 is 0. The summed E-state index contributed by atoms with van der Waals surface area (Å²) in [7, 11) is 0. The molecular formula is C24H25FN4O4. The molecule has 33 heavy (non-hydrogen) atoms. The summed E-state index contributed by atoms with van der Waals surface area (Å²) in [6.45, 7) is 4.75. The topological polar surface area (TPSA) is 92.8 Å². The Morgan fingerprint density at radius 1 is 1.06 bits per heavy atom. The van der Waals surface area contributed by atoms with Crippen LogP contribution in [-0.2, 0) is 20.7 Å². The van der Waals surface area contributed by atoms with E-state index in [1.807, 2.05) is 6.07 Å². The Labute approximate surface area is 190 Å². The molecule has 2 amide bonds. The van der Waals surface area contributed by atoms with Crippen LogP contribution >= 0.6 is 0 Å². The Kier molecular flexibility index (Phi) is 6.99. The van der Waals surface area contributed by atoms with Crippen LogP contribution in [0.5, 0.6) is 0 Å². The number of benzene rings is 2. The molecule has 2 aromatic carbocycles. The van der Waals surface area contributed by atoms with Crippen LogP contribution in [0.1, 0.15) is 12.5 Å². The van der Waals surface area contributed by atoms with Crippen LogP contribution < -0.4 is 15.5 Å². The van der Waals surface area contributed by atoms with Crippen molar-refractivity contribution in [1.29, 1.82) is 0 Å². The molecule has 3 aromatic rings. The van der Waals surface area contributed by atoms with E-state index < -0.39 is 11.8 Å². The number of hydrogen-bond acceptors (Lipinski definition) is 6. The lowest BCUT2D eigenvalue weighted by Gasteiger charge is -2.28. The van der Waals surface area contributed by atoms with Crippen LogP contribution in [0.2, 0.25) is 0 Å². The number of halogens is 1. The maximum atomic E-state index is 14.8. The van der Waals surface area contributed by atoms with E-state index in [2.05, 4.69) is 20.5 Å². The Hall–Kier alpha value is -3.72. The molecule has 0 saturated carbocycles. The summed E-state index contributed by atoms with van der Waals surface area (Å²) in [4.78, 5) is 30.5. The number of rotatable bonds is 6. The first-order valence-electron chi connectivity index (χ1n) is 10.8. The van der Waals surface area contributed by atoms with Crippen molar-refractivity contribution in [3.8, 4) is 0 Å². The van der Waals surface area contributed by atoms with Gasteiger partial charge in [-0.25, -0.2) is 14.2 Å². The summed E-state index contributed by atoms with van der Waals surface area (Å²) in [6.07, 6.45) is 0.165. The number of hydrogen-bond donors (Lipinski definition) is 2. The van der Waals surface area contributed by atoms with E-state index in [0.717, 1.165) is 5.56 Å². The van der Waals surface area contributed by atoms with Gasteiger partial charge in [0.1, 0.15) is 11.3 Å². The lowest BCUT2D eigenvalue weighted by molar-refractivity contribution is -0.142. The highest BCUT2D eigenvalue weighted by atomic mass is 19.1. The van der Waals surface area contributed by atoms with E-state index >= 15 is 0 Å². The van der Waals surface area contributed by atoms with Gasteiger partial charge in [0, 0.05) is 29.9 Å². The minimum absolute atomic E-state index is 0.165. The molecule has 0 spiro atoms. The minimum atomic E-state index is -0.513. The molecule has 0 atom stereocenters. The summed E-state index contributed by atoms with van der Waals surface area (Å²) < 4.78 is 25.0. The molecule has 1 aromatic heterocycles. The summed E-state index contributed by atoms with van der Waals surface area (Å²) in [6, 6.07) is 12.9. The number of nitrogens with zero attached hydrogens (tertiary/aromatic N) is 2. The lowest BCUT2D eigenvalue weighted by atomic mass is 10.1. The highest BCUT2D eigenvalue weighted by Gasteiger charge is 2.15. The molecule has 0 aliphatic carbocycles. The number of amides is 2. The number of esters is 1. The van der Waals surface area contributed by atoms with Gasteiger partial charge in [0.25, 0.3) is 0 Å². The van der Waals surface area contributed by atoms with Crippen molar-refractivity contribution in [3.05, 3.63) is 59.9 Å². The van der Waals surface area contributed by atoms with E-state index in [-0.39, 0.29) is 17.9 Å². The molecule has 1 fully saturated rings. The first-order valence-corrected chi connectivity index (χ1v) is 10.8. The zero-order valence-electron chi connectivity index (χ0n) is 18.3. The molecule has 8 nitrogen and oxygen atoms in total. The normalized spacial score (nSPS) is 13.6. The number of nitrogens with one attached hydrogen (secondary N) is 2. The zero-order valence-corrected chi connectivity index (χ0v) is 18.3. The predicted octanol–water partition coefficient (Wildman–Crippen LogP) is 3.96. The average Bonchev–Trinajstić information content (AvgIpc) is 2.81. The molecular weight excluding hydrogens is 427 g/mol. The monoisotopic (exact) mass is 452 g/mol. The standard InChI is InChI=1S/C24H25FN4O4/c1-2-33-22(30)13-16-3-6-18(7-4-16)26-24(31)27-19-14-17-5-8-21(28-23(17)20(25)15-19)29-9-11-32-12-10-29/h3-8,14-15H,2,9-13H2,1H3,(H2,26,27,31). The Morgan fingerprint density at radius 3 is 2.52 bits per heavy atom. The highest BCUT2D eigenvalue weighted by Crippen LogP contribution is 2.25. The van der Waals surface area contributed by atoms with Crippen LogP contribution in [0.4, 0.5) is 26.4 Å². The fourth-order valence-electron chi connectivity index (χ4n) is 3.60. The number of fused-ring (bicyclic) bond motifs is 1. The van der Waals surface area contributed by atoms with Gasteiger partial charge in [0.15, 0.2) is 5.82 Å². The number of anilines is 3. The van der Waals surface area contributed by atoms with Crippen LogP contribution in [0, 0.1) is 5.82 Å². The molecule has 1 aliphatic heterocycles. The van der Waals surface area contributed by atoms with Gasteiger partial charge in [-0.3, -0.25) is 4.79 Å². The maximum absolute atomic E-state index is 14.8. The van der Waals surface area contributed by atoms with E-state index in [0.29, 0.717) is 55.5 Å². The molecule has 0 unspecified atom stereocenters. The highest BCUT2D eigenvalue weighted by molar-refractivity contribution is 6.01. The van der Waals surface area contributed by atoms with Crippen molar-refractivity contribution in [3.63, 3.8) is 0 Å². The third-order valence-corrected chi connectivity index (χ3v) is 5.19. The maximum Gasteiger partial charge on any atom is 0.323 e. The number of carbonyl (C=O) groups is 2. The number of carbonyl (C=O) groups excluding carboxylic acids is 2. The first-order chi connectivity index (χ1) is 16.0. The third-order valence-electron chi connectivity index (χ3n) is 5.19. The van der Waals surface area contributed by atoms with Gasteiger partial charge < -0.3 is 25.0 Å². The Morgan fingerprint density at radius 2 is 1.79 bits per heavy atom. The quantitative estimate of drug-likeness (QED) is 0.550. The Balaban J connectivity index is 1.40. The number of aromatic nitrogens is 1. The third kappa shape index (κ3) is 5.75. The molecule has 4 rings (SSSR count). The largest absolute Gasteiger partial charge is 0.466 e. The van der Waals surface area contributed by atoms with Crippen LogP contribution in [0.3, 0.4) is 0 Å². The molecule has 0 radical (unpaired) electrons. The van der Waals surface area contributed by atoms with E-state index in [9.17, 15) is 14.0 Å². The van der Waals surface area contributed by atoms with Gasteiger partial charge in [0.05, 0.1) is 26.2 Å². The van der Waals surface area contributed by atoms with E-state index in [1.54, 1.807) is 43.3 Å². The Bertz CT molecular complexity index is 1150.